The minimum Gasteiger partial charge on any atom is -1.00 e. The van der Waals surface area contributed by atoms with Crippen molar-refractivity contribution in [1.82, 2.24) is 0 Å². The summed E-state index contributed by atoms with van der Waals surface area (Å²) in [5.41, 5.74) is 0. The molecule has 92 valence electrons. The zero-order valence-corrected chi connectivity index (χ0v) is 30.2. The van der Waals surface area contributed by atoms with Crippen LogP contribution in [0.25, 0.3) is 0 Å². The molecule has 0 aliphatic carbocycles. The molecule has 0 radical (unpaired) electrons. The number of hydrogen-bond acceptors (Lipinski definition) is 0. The smallest absolute Gasteiger partial charge is 1.00 e. The van der Waals surface area contributed by atoms with Crippen molar-refractivity contribution in [2.75, 3.05) is 0 Å². The first-order valence-corrected chi connectivity index (χ1v) is 0. The van der Waals surface area contributed by atoms with Crippen molar-refractivity contribution in [3.8, 4) is 0 Å². The average molecular weight is 509 g/mol. The fourth-order valence-corrected chi connectivity index (χ4v) is 0. The Hall–Kier alpha value is 8.90. The van der Waals surface area contributed by atoms with Crippen LogP contribution in [0.4, 0.5) is 0 Å². The monoisotopic (exact) mass is 504 g/mol. The van der Waals surface area contributed by atoms with Crippen LogP contribution >= 0.6 is 124 Å². The van der Waals surface area contributed by atoms with Gasteiger partial charge in [0.25, 0.3) is 0 Å². The van der Waals surface area contributed by atoms with E-state index in [1.807, 2.05) is 0 Å². The van der Waals surface area contributed by atoms with Gasteiger partial charge < -0.3 is 8.56 Å². The molecule has 0 amide bonds. The molecule has 0 heterocycles. The first kappa shape index (κ1) is 180. The molecular weight excluding hydrogens is 492 g/mol. The Balaban J connectivity index is 0. The molecule has 0 saturated heterocycles. The maximum Gasteiger partial charge on any atom is 1.00 e. The van der Waals surface area contributed by atoms with Gasteiger partial charge >= 0.3 is 177 Å². The first-order valence-electron chi connectivity index (χ1n) is 0. The molecule has 16 heteroatoms. The minimum atomic E-state index is 0. The second-order valence-electron chi connectivity index (χ2n) is 0. The van der Waals surface area contributed by atoms with Gasteiger partial charge in [0, 0.05) is 0 Å². The summed E-state index contributed by atoms with van der Waals surface area (Å²) in [5, 5.41) is 0. The minimum absolute atomic E-state index is 0. The van der Waals surface area contributed by atoms with Gasteiger partial charge in [0.15, 0.2) is 0 Å². The molecule has 0 N–H and O–H groups in total. The third kappa shape index (κ3) is 139. The SMILES string of the molecule is Cl.Cl.Cl.Cl.Cl.Cl.Cl.Cl.Cl.Cl.[H-].[H-].[H-].[H-].[H-].[H-].[Na+].[Na+].[Na+].[Na+].[Na+].[Na+]. The van der Waals surface area contributed by atoms with Crippen molar-refractivity contribution in [3.63, 3.8) is 0 Å². The third-order valence-corrected chi connectivity index (χ3v) is 0. The molecule has 0 unspecified atom stereocenters. The molecule has 0 rings (SSSR count). The van der Waals surface area contributed by atoms with Gasteiger partial charge in [0.2, 0.25) is 0 Å². The van der Waals surface area contributed by atoms with Gasteiger partial charge in [0.1, 0.15) is 0 Å². The van der Waals surface area contributed by atoms with Crippen LogP contribution in [-0.2, 0) is 0 Å². The van der Waals surface area contributed by atoms with Crippen LogP contribution in [0.3, 0.4) is 0 Å². The average Bonchev–Trinajstić information content (AvgIpc) is 0. The second kappa shape index (κ2) is 158. The largest absolute Gasteiger partial charge is 1.00 e. The fraction of sp³-hybridized carbons (Fsp3) is 0. The van der Waals surface area contributed by atoms with Gasteiger partial charge in [-0.1, -0.05) is 0 Å². The zero-order chi connectivity index (χ0) is 0. The van der Waals surface area contributed by atoms with Gasteiger partial charge in [0.05, 0.1) is 0 Å². The van der Waals surface area contributed by atoms with E-state index in [-0.39, 0.29) is 310 Å². The van der Waals surface area contributed by atoms with Crippen molar-refractivity contribution in [2.24, 2.45) is 0 Å². The Morgan fingerprint density at radius 3 is 0.188 bits per heavy atom. The number of halogens is 10. The van der Waals surface area contributed by atoms with Crippen LogP contribution in [0.1, 0.15) is 8.56 Å². The van der Waals surface area contributed by atoms with Crippen LogP contribution in [0.15, 0.2) is 0 Å². The predicted molar refractivity (Wildman–Crippen MR) is 79.2 cm³/mol. The molecule has 0 atom stereocenters. The summed E-state index contributed by atoms with van der Waals surface area (Å²) in [6, 6.07) is 0. The fourth-order valence-electron chi connectivity index (χ4n) is 0. The number of hydrogen-bond donors (Lipinski definition) is 0. The Bertz CT molecular complexity index is 33.9. The van der Waals surface area contributed by atoms with Crippen LogP contribution in [0, 0.1) is 0 Å². The quantitative estimate of drug-likeness (QED) is 0.285. The summed E-state index contributed by atoms with van der Waals surface area (Å²) in [7, 11) is 0. The molecule has 0 aromatic rings. The normalized spacial score (nSPS) is 0. The van der Waals surface area contributed by atoms with Crippen LogP contribution in [0.5, 0.6) is 0 Å². The van der Waals surface area contributed by atoms with Gasteiger partial charge in [-0.2, -0.15) is 0 Å². The van der Waals surface area contributed by atoms with Crippen molar-refractivity contribution in [2.45, 2.75) is 0 Å². The van der Waals surface area contributed by atoms with Gasteiger partial charge in [-0.25, -0.2) is 0 Å². The van der Waals surface area contributed by atoms with Crippen LogP contribution in [-0.4, -0.2) is 0 Å². The van der Waals surface area contributed by atoms with E-state index in [9.17, 15) is 0 Å². The van der Waals surface area contributed by atoms with E-state index in [2.05, 4.69) is 0 Å². The summed E-state index contributed by atoms with van der Waals surface area (Å²) < 4.78 is 0. The Morgan fingerprint density at radius 2 is 0.188 bits per heavy atom. The summed E-state index contributed by atoms with van der Waals surface area (Å²) in [4.78, 5) is 0. The van der Waals surface area contributed by atoms with E-state index in [1.165, 1.54) is 0 Å². The predicted octanol–water partition coefficient (Wildman–Crippen LogP) is -13.1. The Morgan fingerprint density at radius 1 is 0.188 bits per heavy atom. The zero-order valence-electron chi connectivity index (χ0n) is 16.1. The van der Waals surface area contributed by atoms with Crippen molar-refractivity contribution in [3.05, 3.63) is 0 Å². The van der Waals surface area contributed by atoms with Gasteiger partial charge in [-0.3, -0.25) is 0 Å². The maximum absolute atomic E-state index is 0. The maximum atomic E-state index is 0. The van der Waals surface area contributed by atoms with Crippen LogP contribution < -0.4 is 177 Å². The molecule has 0 spiro atoms. The van der Waals surface area contributed by atoms with Crippen molar-refractivity contribution < 1.29 is 186 Å². The van der Waals surface area contributed by atoms with Gasteiger partial charge in [-0.15, -0.1) is 124 Å². The van der Waals surface area contributed by atoms with E-state index in [4.69, 9.17) is 0 Å². The molecule has 0 aliphatic rings. The van der Waals surface area contributed by atoms with Crippen LogP contribution in [0.2, 0.25) is 0 Å². The summed E-state index contributed by atoms with van der Waals surface area (Å²) in [5.74, 6) is 0. The van der Waals surface area contributed by atoms with E-state index < -0.39 is 0 Å². The molecule has 0 nitrogen and oxygen atoms in total. The van der Waals surface area contributed by atoms with Crippen molar-refractivity contribution in [1.29, 1.82) is 0 Å². The Labute approximate surface area is 302 Å². The molecule has 0 aromatic carbocycles. The number of rotatable bonds is 0. The summed E-state index contributed by atoms with van der Waals surface area (Å²) >= 11 is 0. The van der Waals surface area contributed by atoms with E-state index >= 15 is 0 Å². The molecule has 0 aliphatic heterocycles. The molecule has 16 heavy (non-hydrogen) atoms. The first-order chi connectivity index (χ1) is 0. The van der Waals surface area contributed by atoms with Gasteiger partial charge in [-0.05, 0) is 0 Å². The molecule has 0 aromatic heterocycles. The standard InChI is InChI=1S/10ClH.6Na.6H/h10*1H;;;;;;;;;;;;/q;;;;;;;;;;6*+1;6*-1. The van der Waals surface area contributed by atoms with Crippen molar-refractivity contribution >= 4 is 124 Å². The topological polar surface area (TPSA) is 0 Å². The van der Waals surface area contributed by atoms with E-state index in [0.29, 0.717) is 0 Å². The summed E-state index contributed by atoms with van der Waals surface area (Å²) in [6.07, 6.45) is 0. The summed E-state index contributed by atoms with van der Waals surface area (Å²) in [6.45, 7) is 0. The third-order valence-electron chi connectivity index (χ3n) is 0. The molecule has 0 bridgehead atoms. The molecular formula is H16Cl10Na6. The second-order valence-corrected chi connectivity index (χ2v) is 0. The molecule has 0 saturated carbocycles. The Kier molecular flexibility index (Phi) is 1780. The molecule has 0 fully saturated rings. The van der Waals surface area contributed by atoms with E-state index in [1.54, 1.807) is 0 Å². The van der Waals surface area contributed by atoms with E-state index in [0.717, 1.165) is 0 Å².